The first-order valence-corrected chi connectivity index (χ1v) is 12.2. The molecule has 7 nitrogen and oxygen atoms in total. The molecule has 0 saturated carbocycles. The van der Waals surface area contributed by atoms with Gasteiger partial charge >= 0.3 is 5.97 Å². The number of esters is 1. The van der Waals surface area contributed by atoms with E-state index < -0.39 is 0 Å². The van der Waals surface area contributed by atoms with Crippen LogP contribution in [0.4, 0.5) is 5.69 Å². The highest BCUT2D eigenvalue weighted by Gasteiger charge is 2.18. The Labute approximate surface area is 211 Å². The van der Waals surface area contributed by atoms with Gasteiger partial charge in [-0.15, -0.1) is 0 Å². The van der Waals surface area contributed by atoms with E-state index in [1.54, 1.807) is 19.2 Å². The standard InChI is InChI=1S/C29H32N4O3/c1-5-36-29(35)23-13-16-26-31-27(22-11-14-24(15-12-22)30-28(34)20(2)3)25(33(26)18-23)19-32(4)17-21-9-7-6-8-10-21/h6-16,18,20H,5,17,19H2,1-4H3,(H,30,34). The third-order valence-electron chi connectivity index (χ3n) is 5.89. The molecule has 186 valence electrons. The average molecular weight is 485 g/mol. The van der Waals surface area contributed by atoms with E-state index in [0.29, 0.717) is 18.7 Å². The second-order valence-electron chi connectivity index (χ2n) is 9.15. The van der Waals surface area contributed by atoms with E-state index in [0.717, 1.165) is 34.8 Å². The molecular formula is C29H32N4O3. The number of fused-ring (bicyclic) bond motifs is 1. The summed E-state index contributed by atoms with van der Waals surface area (Å²) in [7, 11) is 2.07. The molecule has 0 spiro atoms. The number of rotatable bonds is 9. The first-order valence-electron chi connectivity index (χ1n) is 12.2. The van der Waals surface area contributed by atoms with Crippen LogP contribution in [0.5, 0.6) is 0 Å². The van der Waals surface area contributed by atoms with Crippen LogP contribution in [-0.2, 0) is 22.6 Å². The molecule has 0 radical (unpaired) electrons. The van der Waals surface area contributed by atoms with Crippen molar-refractivity contribution in [1.82, 2.24) is 14.3 Å². The Hall–Kier alpha value is -3.97. The topological polar surface area (TPSA) is 75.9 Å². The number of nitrogens with zero attached hydrogens (tertiary/aromatic N) is 3. The van der Waals surface area contributed by atoms with Crippen LogP contribution in [0, 0.1) is 5.92 Å². The number of ether oxygens (including phenoxy) is 1. The average Bonchev–Trinajstić information content (AvgIpc) is 3.22. The van der Waals surface area contributed by atoms with Crippen molar-refractivity contribution in [1.29, 1.82) is 0 Å². The van der Waals surface area contributed by atoms with Gasteiger partial charge in [0.15, 0.2) is 0 Å². The predicted octanol–water partition coefficient (Wildman–Crippen LogP) is 5.40. The predicted molar refractivity (Wildman–Crippen MR) is 142 cm³/mol. The van der Waals surface area contributed by atoms with Crippen LogP contribution in [-0.4, -0.2) is 39.8 Å². The van der Waals surface area contributed by atoms with E-state index in [1.165, 1.54) is 5.56 Å². The van der Waals surface area contributed by atoms with Crippen molar-refractivity contribution in [2.45, 2.75) is 33.9 Å². The van der Waals surface area contributed by atoms with Gasteiger partial charge in [-0.25, -0.2) is 9.78 Å². The molecule has 0 aliphatic heterocycles. The van der Waals surface area contributed by atoms with E-state index in [2.05, 4.69) is 29.4 Å². The number of carbonyl (C=O) groups is 2. The molecule has 0 aliphatic rings. The second-order valence-corrected chi connectivity index (χ2v) is 9.15. The SMILES string of the molecule is CCOC(=O)c1ccc2nc(-c3ccc(NC(=O)C(C)C)cc3)c(CN(C)Cc3ccccc3)n2c1. The molecule has 1 N–H and O–H groups in total. The number of amides is 1. The fourth-order valence-electron chi connectivity index (χ4n) is 4.02. The van der Waals surface area contributed by atoms with Crippen LogP contribution in [0.3, 0.4) is 0 Å². The Morgan fingerprint density at radius 3 is 2.39 bits per heavy atom. The van der Waals surface area contributed by atoms with Gasteiger partial charge in [0.25, 0.3) is 0 Å². The minimum Gasteiger partial charge on any atom is -0.462 e. The van der Waals surface area contributed by atoms with Gasteiger partial charge in [-0.1, -0.05) is 56.3 Å². The van der Waals surface area contributed by atoms with Crippen molar-refractivity contribution in [3.8, 4) is 11.3 Å². The summed E-state index contributed by atoms with van der Waals surface area (Å²) in [5.74, 6) is -0.475. The zero-order chi connectivity index (χ0) is 25.7. The molecule has 2 heterocycles. The van der Waals surface area contributed by atoms with Crippen LogP contribution in [0.1, 0.15) is 42.4 Å². The molecule has 0 atom stereocenters. The molecule has 2 aromatic heterocycles. The number of imidazole rings is 1. The van der Waals surface area contributed by atoms with Crippen molar-refractivity contribution in [3.05, 3.63) is 89.7 Å². The third-order valence-corrected chi connectivity index (χ3v) is 5.89. The fraction of sp³-hybridized carbons (Fsp3) is 0.276. The van der Waals surface area contributed by atoms with E-state index in [9.17, 15) is 9.59 Å². The first-order chi connectivity index (χ1) is 17.4. The third kappa shape index (κ3) is 5.80. The Balaban J connectivity index is 1.71. The van der Waals surface area contributed by atoms with E-state index in [4.69, 9.17) is 9.72 Å². The molecule has 4 rings (SSSR count). The number of benzene rings is 2. The normalized spacial score (nSPS) is 11.3. The van der Waals surface area contributed by atoms with Gasteiger partial charge < -0.3 is 14.5 Å². The number of carbonyl (C=O) groups excluding carboxylic acids is 2. The number of hydrogen-bond donors (Lipinski definition) is 1. The summed E-state index contributed by atoms with van der Waals surface area (Å²) in [5, 5.41) is 2.93. The molecule has 7 heteroatoms. The lowest BCUT2D eigenvalue weighted by atomic mass is 10.1. The lowest BCUT2D eigenvalue weighted by Crippen LogP contribution is -2.19. The minimum absolute atomic E-state index is 0.0230. The van der Waals surface area contributed by atoms with E-state index in [-0.39, 0.29) is 17.8 Å². The van der Waals surface area contributed by atoms with Crippen LogP contribution in [0.15, 0.2) is 72.9 Å². The summed E-state index contributed by atoms with van der Waals surface area (Å²) in [6, 6.07) is 21.6. The van der Waals surface area contributed by atoms with E-state index in [1.807, 2.05) is 66.8 Å². The van der Waals surface area contributed by atoms with Crippen LogP contribution in [0.25, 0.3) is 16.9 Å². The molecule has 0 bridgehead atoms. The van der Waals surface area contributed by atoms with Gasteiger partial charge in [0.05, 0.1) is 23.6 Å². The molecule has 0 fully saturated rings. The van der Waals surface area contributed by atoms with Crippen molar-refractivity contribution < 1.29 is 14.3 Å². The smallest absolute Gasteiger partial charge is 0.339 e. The number of nitrogens with one attached hydrogen (secondary N) is 1. The zero-order valence-corrected chi connectivity index (χ0v) is 21.2. The van der Waals surface area contributed by atoms with Crippen LogP contribution in [0.2, 0.25) is 0 Å². The second kappa shape index (κ2) is 11.2. The molecular weight excluding hydrogens is 452 g/mol. The Morgan fingerprint density at radius 1 is 1.00 bits per heavy atom. The number of hydrogen-bond acceptors (Lipinski definition) is 5. The molecule has 0 saturated heterocycles. The maximum atomic E-state index is 12.4. The van der Waals surface area contributed by atoms with Crippen molar-refractivity contribution in [3.63, 3.8) is 0 Å². The molecule has 4 aromatic rings. The van der Waals surface area contributed by atoms with Crippen molar-refractivity contribution >= 4 is 23.2 Å². The molecule has 36 heavy (non-hydrogen) atoms. The lowest BCUT2D eigenvalue weighted by molar-refractivity contribution is -0.118. The van der Waals surface area contributed by atoms with Gasteiger partial charge in [0.2, 0.25) is 5.91 Å². The highest BCUT2D eigenvalue weighted by Crippen LogP contribution is 2.28. The summed E-state index contributed by atoms with van der Waals surface area (Å²) in [4.78, 5) is 31.6. The lowest BCUT2D eigenvalue weighted by Gasteiger charge is -2.18. The van der Waals surface area contributed by atoms with Crippen LogP contribution < -0.4 is 5.32 Å². The Bertz CT molecular complexity index is 1340. The highest BCUT2D eigenvalue weighted by molar-refractivity contribution is 5.92. The van der Waals surface area contributed by atoms with Gasteiger partial charge in [0, 0.05) is 36.5 Å². The Kier molecular flexibility index (Phi) is 7.80. The maximum Gasteiger partial charge on any atom is 0.339 e. The summed E-state index contributed by atoms with van der Waals surface area (Å²) in [6.45, 7) is 7.22. The van der Waals surface area contributed by atoms with E-state index >= 15 is 0 Å². The number of anilines is 1. The molecule has 2 aromatic carbocycles. The molecule has 0 unspecified atom stereocenters. The fourth-order valence-corrected chi connectivity index (χ4v) is 4.02. The first kappa shape index (κ1) is 25.1. The largest absolute Gasteiger partial charge is 0.462 e. The quantitative estimate of drug-likeness (QED) is 0.322. The molecule has 1 amide bonds. The minimum atomic E-state index is -0.358. The van der Waals surface area contributed by atoms with Gasteiger partial charge in [0.1, 0.15) is 5.65 Å². The van der Waals surface area contributed by atoms with Gasteiger partial charge in [-0.2, -0.15) is 0 Å². The zero-order valence-electron chi connectivity index (χ0n) is 21.2. The van der Waals surface area contributed by atoms with Crippen molar-refractivity contribution in [2.75, 3.05) is 19.0 Å². The number of aromatic nitrogens is 2. The summed E-state index contributed by atoms with van der Waals surface area (Å²) >= 11 is 0. The highest BCUT2D eigenvalue weighted by atomic mass is 16.5. The molecule has 0 aliphatic carbocycles. The summed E-state index contributed by atoms with van der Waals surface area (Å²) in [6.07, 6.45) is 1.80. The summed E-state index contributed by atoms with van der Waals surface area (Å²) < 4.78 is 7.18. The van der Waals surface area contributed by atoms with Crippen LogP contribution >= 0.6 is 0 Å². The maximum absolute atomic E-state index is 12.4. The number of pyridine rings is 1. The van der Waals surface area contributed by atoms with Crippen molar-refractivity contribution in [2.24, 2.45) is 5.92 Å². The Morgan fingerprint density at radius 2 is 1.72 bits per heavy atom. The van der Waals surface area contributed by atoms with Gasteiger partial charge in [-0.3, -0.25) is 9.69 Å². The summed E-state index contributed by atoms with van der Waals surface area (Å²) in [5.41, 5.74) is 5.92. The monoisotopic (exact) mass is 484 g/mol. The van der Waals surface area contributed by atoms with Gasteiger partial charge in [-0.05, 0) is 43.8 Å².